The molecule has 1 saturated heterocycles. The van der Waals surface area contributed by atoms with Gasteiger partial charge in [-0.25, -0.2) is 0 Å². The fourth-order valence-corrected chi connectivity index (χ4v) is 3.45. The highest BCUT2D eigenvalue weighted by Gasteiger charge is 2.21. The second kappa shape index (κ2) is 6.39. The quantitative estimate of drug-likeness (QED) is 0.779. The van der Waals surface area contributed by atoms with Gasteiger partial charge in [0.25, 0.3) is 0 Å². The van der Waals surface area contributed by atoms with Crippen LogP contribution in [-0.4, -0.2) is 41.3 Å². The summed E-state index contributed by atoms with van der Waals surface area (Å²) in [7, 11) is 0. The standard InChI is InChI=1S/C15H21NOS/c1-3-14-10-16(8-9-18-14)11-15(17)13-6-4-12(2)5-7-13/h4-7,14H,3,8-11H2,1-2H3. The van der Waals surface area contributed by atoms with E-state index in [1.165, 1.54) is 12.0 Å². The first-order chi connectivity index (χ1) is 8.69. The summed E-state index contributed by atoms with van der Waals surface area (Å²) >= 11 is 2.04. The number of thioether (sulfide) groups is 1. The van der Waals surface area contributed by atoms with Gasteiger partial charge in [0.05, 0.1) is 6.54 Å². The van der Waals surface area contributed by atoms with Gasteiger partial charge in [0.1, 0.15) is 0 Å². The van der Waals surface area contributed by atoms with E-state index in [9.17, 15) is 4.79 Å². The molecule has 0 amide bonds. The van der Waals surface area contributed by atoms with Crippen LogP contribution in [0.4, 0.5) is 0 Å². The first-order valence-electron chi connectivity index (χ1n) is 6.63. The molecule has 0 bridgehead atoms. The van der Waals surface area contributed by atoms with Gasteiger partial charge in [0.15, 0.2) is 5.78 Å². The van der Waals surface area contributed by atoms with Crippen molar-refractivity contribution in [1.82, 2.24) is 4.90 Å². The van der Waals surface area contributed by atoms with Gasteiger partial charge in [-0.2, -0.15) is 11.8 Å². The Balaban J connectivity index is 1.92. The van der Waals surface area contributed by atoms with E-state index in [0.717, 1.165) is 24.4 Å². The highest BCUT2D eigenvalue weighted by molar-refractivity contribution is 8.00. The maximum Gasteiger partial charge on any atom is 0.176 e. The lowest BCUT2D eigenvalue weighted by molar-refractivity contribution is 0.0932. The third-order valence-corrected chi connectivity index (χ3v) is 4.79. The summed E-state index contributed by atoms with van der Waals surface area (Å²) in [5, 5.41) is 0.699. The van der Waals surface area contributed by atoms with Crippen LogP contribution in [0.3, 0.4) is 0 Å². The number of aryl methyl sites for hydroxylation is 1. The lowest BCUT2D eigenvalue weighted by Crippen LogP contribution is -2.40. The number of nitrogens with zero attached hydrogens (tertiary/aromatic N) is 1. The average Bonchev–Trinajstić information content (AvgIpc) is 2.39. The molecule has 1 aliphatic heterocycles. The highest BCUT2D eigenvalue weighted by atomic mass is 32.2. The van der Waals surface area contributed by atoms with Gasteiger partial charge in [-0.05, 0) is 13.3 Å². The van der Waals surface area contributed by atoms with Gasteiger partial charge in [0.2, 0.25) is 0 Å². The molecular formula is C15H21NOS. The van der Waals surface area contributed by atoms with E-state index >= 15 is 0 Å². The van der Waals surface area contributed by atoms with E-state index in [1.807, 2.05) is 43.0 Å². The zero-order valence-electron chi connectivity index (χ0n) is 11.2. The van der Waals surface area contributed by atoms with E-state index in [1.54, 1.807) is 0 Å². The minimum absolute atomic E-state index is 0.247. The van der Waals surface area contributed by atoms with Gasteiger partial charge in [-0.1, -0.05) is 36.8 Å². The van der Waals surface area contributed by atoms with Crippen molar-refractivity contribution >= 4 is 17.5 Å². The van der Waals surface area contributed by atoms with Crippen molar-refractivity contribution in [3.05, 3.63) is 35.4 Å². The Morgan fingerprint density at radius 2 is 2.11 bits per heavy atom. The first-order valence-corrected chi connectivity index (χ1v) is 7.67. The van der Waals surface area contributed by atoms with Gasteiger partial charge in [0, 0.05) is 29.7 Å². The molecule has 1 aromatic carbocycles. The molecule has 2 rings (SSSR count). The number of ketones is 1. The second-order valence-corrected chi connectivity index (χ2v) is 6.33. The fraction of sp³-hybridized carbons (Fsp3) is 0.533. The molecule has 1 heterocycles. The molecule has 0 radical (unpaired) electrons. The lowest BCUT2D eigenvalue weighted by atomic mass is 10.1. The maximum atomic E-state index is 12.2. The molecule has 1 fully saturated rings. The van der Waals surface area contributed by atoms with Crippen LogP contribution in [0.15, 0.2) is 24.3 Å². The largest absolute Gasteiger partial charge is 0.294 e. The van der Waals surface area contributed by atoms with Crippen LogP contribution >= 0.6 is 11.8 Å². The molecule has 2 nitrogen and oxygen atoms in total. The van der Waals surface area contributed by atoms with Crippen molar-refractivity contribution in [2.24, 2.45) is 0 Å². The Hall–Kier alpha value is -0.800. The zero-order chi connectivity index (χ0) is 13.0. The first kappa shape index (κ1) is 13.6. The molecule has 1 atom stereocenters. The molecule has 3 heteroatoms. The highest BCUT2D eigenvalue weighted by Crippen LogP contribution is 2.21. The molecule has 0 aromatic heterocycles. The van der Waals surface area contributed by atoms with Crippen molar-refractivity contribution in [2.75, 3.05) is 25.4 Å². The van der Waals surface area contributed by atoms with Crippen LogP contribution in [-0.2, 0) is 0 Å². The van der Waals surface area contributed by atoms with E-state index in [0.29, 0.717) is 11.8 Å². The second-order valence-electron chi connectivity index (χ2n) is 4.93. The number of carbonyl (C=O) groups is 1. The topological polar surface area (TPSA) is 20.3 Å². The number of hydrogen-bond acceptors (Lipinski definition) is 3. The van der Waals surface area contributed by atoms with E-state index in [4.69, 9.17) is 0 Å². The Kier molecular flexibility index (Phi) is 4.84. The van der Waals surface area contributed by atoms with Crippen molar-refractivity contribution in [1.29, 1.82) is 0 Å². The van der Waals surface area contributed by atoms with E-state index in [-0.39, 0.29) is 5.78 Å². The molecule has 98 valence electrons. The van der Waals surface area contributed by atoms with Crippen molar-refractivity contribution in [3.63, 3.8) is 0 Å². The maximum absolute atomic E-state index is 12.2. The third kappa shape index (κ3) is 3.59. The fourth-order valence-electron chi connectivity index (χ4n) is 2.20. The Labute approximate surface area is 114 Å². The van der Waals surface area contributed by atoms with Crippen LogP contribution in [0, 0.1) is 6.92 Å². The van der Waals surface area contributed by atoms with Gasteiger partial charge >= 0.3 is 0 Å². The smallest absolute Gasteiger partial charge is 0.176 e. The predicted molar refractivity (Wildman–Crippen MR) is 78.5 cm³/mol. The zero-order valence-corrected chi connectivity index (χ0v) is 12.0. The molecule has 0 spiro atoms. The van der Waals surface area contributed by atoms with Crippen LogP contribution in [0.2, 0.25) is 0 Å². The Bertz CT molecular complexity index is 401. The number of hydrogen-bond donors (Lipinski definition) is 0. The van der Waals surface area contributed by atoms with Gasteiger partial charge in [-0.3, -0.25) is 9.69 Å². The van der Waals surface area contributed by atoms with Crippen molar-refractivity contribution in [2.45, 2.75) is 25.5 Å². The monoisotopic (exact) mass is 263 g/mol. The molecule has 18 heavy (non-hydrogen) atoms. The summed E-state index contributed by atoms with van der Waals surface area (Å²) in [4.78, 5) is 14.5. The molecule has 1 aromatic rings. The minimum atomic E-state index is 0.247. The SMILES string of the molecule is CCC1CN(CC(=O)c2ccc(C)cc2)CCS1. The van der Waals surface area contributed by atoms with Crippen molar-refractivity contribution in [3.8, 4) is 0 Å². The number of Topliss-reactive ketones (excluding diaryl/α,β-unsaturated/α-hetero) is 1. The average molecular weight is 263 g/mol. The summed E-state index contributed by atoms with van der Waals surface area (Å²) in [5.74, 6) is 1.40. The molecule has 0 aliphatic carbocycles. The summed E-state index contributed by atoms with van der Waals surface area (Å²) in [6.45, 7) is 6.93. The molecule has 0 saturated carbocycles. The summed E-state index contributed by atoms with van der Waals surface area (Å²) in [6, 6.07) is 7.89. The summed E-state index contributed by atoms with van der Waals surface area (Å²) < 4.78 is 0. The van der Waals surface area contributed by atoms with Crippen LogP contribution in [0.1, 0.15) is 29.3 Å². The molecule has 1 unspecified atom stereocenters. The molecule has 0 N–H and O–H groups in total. The number of carbonyl (C=O) groups excluding carboxylic acids is 1. The van der Waals surface area contributed by atoms with Crippen LogP contribution in [0.25, 0.3) is 0 Å². The lowest BCUT2D eigenvalue weighted by Gasteiger charge is -2.31. The summed E-state index contributed by atoms with van der Waals surface area (Å²) in [5.41, 5.74) is 2.04. The Morgan fingerprint density at radius 1 is 1.39 bits per heavy atom. The minimum Gasteiger partial charge on any atom is -0.294 e. The molecular weight excluding hydrogens is 242 g/mol. The summed E-state index contributed by atoms with van der Waals surface area (Å²) in [6.07, 6.45) is 1.19. The molecule has 1 aliphatic rings. The van der Waals surface area contributed by atoms with Gasteiger partial charge in [-0.15, -0.1) is 0 Å². The Morgan fingerprint density at radius 3 is 2.78 bits per heavy atom. The van der Waals surface area contributed by atoms with E-state index < -0.39 is 0 Å². The number of benzene rings is 1. The van der Waals surface area contributed by atoms with Crippen LogP contribution < -0.4 is 0 Å². The normalized spacial score (nSPS) is 20.9. The third-order valence-electron chi connectivity index (χ3n) is 3.42. The predicted octanol–water partition coefficient (Wildman–Crippen LogP) is 3.01. The number of rotatable bonds is 4. The van der Waals surface area contributed by atoms with Crippen molar-refractivity contribution < 1.29 is 4.79 Å². The van der Waals surface area contributed by atoms with E-state index in [2.05, 4.69) is 11.8 Å². The van der Waals surface area contributed by atoms with Gasteiger partial charge < -0.3 is 0 Å². The van der Waals surface area contributed by atoms with Crippen LogP contribution in [0.5, 0.6) is 0 Å².